The van der Waals surface area contributed by atoms with Gasteiger partial charge in [0, 0.05) is 34.7 Å². The van der Waals surface area contributed by atoms with Crippen molar-refractivity contribution in [3.8, 4) is 11.4 Å². The molecule has 1 fully saturated rings. The molecule has 8 heteroatoms. The average Bonchev–Trinajstić information content (AvgIpc) is 3.35. The highest BCUT2D eigenvalue weighted by Gasteiger charge is 2.23. The van der Waals surface area contributed by atoms with Crippen LogP contribution in [0.3, 0.4) is 0 Å². The van der Waals surface area contributed by atoms with Gasteiger partial charge in [0.1, 0.15) is 11.5 Å². The lowest BCUT2D eigenvalue weighted by atomic mass is 9.94. The molecule has 1 N–H and O–H groups in total. The lowest BCUT2D eigenvalue weighted by molar-refractivity contribution is 0.0696. The minimum atomic E-state index is -0.963. The number of aromatic carboxylic acids is 1. The maximum atomic E-state index is 13.1. The van der Waals surface area contributed by atoms with Gasteiger partial charge in [0.2, 0.25) is 0 Å². The molecule has 0 bridgehead atoms. The third kappa shape index (κ3) is 4.74. The number of hydrogen-bond acceptors (Lipinski definition) is 4. The lowest BCUT2D eigenvalue weighted by Crippen LogP contribution is -2.27. The molecule has 0 unspecified atom stereocenters. The summed E-state index contributed by atoms with van der Waals surface area (Å²) in [6.45, 7) is 0. The van der Waals surface area contributed by atoms with Crippen LogP contribution in [0.1, 0.15) is 59.0 Å². The van der Waals surface area contributed by atoms with Crippen LogP contribution in [0.25, 0.3) is 33.3 Å². The Hall–Kier alpha value is -4.23. The van der Waals surface area contributed by atoms with Gasteiger partial charge < -0.3 is 14.6 Å². The van der Waals surface area contributed by atoms with E-state index in [1.807, 2.05) is 30.3 Å². The summed E-state index contributed by atoms with van der Waals surface area (Å²) < 4.78 is 2.29. The van der Waals surface area contributed by atoms with Gasteiger partial charge in [-0.1, -0.05) is 36.9 Å². The van der Waals surface area contributed by atoms with E-state index in [1.165, 1.54) is 19.3 Å². The van der Waals surface area contributed by atoms with Gasteiger partial charge in [-0.3, -0.25) is 4.79 Å². The number of pyridine rings is 1. The molecule has 3 aromatic carbocycles. The summed E-state index contributed by atoms with van der Waals surface area (Å²) in [6.07, 6.45) is 5.71. The predicted octanol–water partition coefficient (Wildman–Crippen LogP) is 7.38. The molecular weight excluding hydrogens is 512 g/mol. The van der Waals surface area contributed by atoms with E-state index in [4.69, 9.17) is 16.6 Å². The summed E-state index contributed by atoms with van der Waals surface area (Å²) in [4.78, 5) is 35.9. The zero-order chi connectivity index (χ0) is 27.1. The SMILES string of the molecule is CN(C(=O)c1ccc2cc(-c3nc4cc(C(=O)O)ccc4n3C3CCCCC3)ccc2n1)c1ccc(Cl)cc1. The molecular formula is C31H27ClN4O3. The number of rotatable bonds is 5. The van der Waals surface area contributed by atoms with Gasteiger partial charge in [-0.25, -0.2) is 14.8 Å². The third-order valence-electron chi connectivity index (χ3n) is 7.56. The number of carbonyl (C=O) groups is 2. The number of amides is 1. The minimum Gasteiger partial charge on any atom is -0.478 e. The summed E-state index contributed by atoms with van der Waals surface area (Å²) >= 11 is 5.99. The molecule has 196 valence electrons. The maximum absolute atomic E-state index is 13.1. The third-order valence-corrected chi connectivity index (χ3v) is 7.81. The second kappa shape index (κ2) is 10.2. The largest absolute Gasteiger partial charge is 0.478 e. The van der Waals surface area contributed by atoms with Crippen molar-refractivity contribution in [3.63, 3.8) is 0 Å². The fourth-order valence-corrected chi connectivity index (χ4v) is 5.61. The molecule has 6 rings (SSSR count). The van der Waals surface area contributed by atoms with Gasteiger partial charge in [-0.05, 0) is 79.6 Å². The van der Waals surface area contributed by atoms with Gasteiger partial charge in [0.05, 0.1) is 22.1 Å². The number of halogens is 1. The Kier molecular flexibility index (Phi) is 6.53. The first kappa shape index (κ1) is 25.1. The number of fused-ring (bicyclic) bond motifs is 2. The van der Waals surface area contributed by atoms with Crippen LogP contribution in [0.5, 0.6) is 0 Å². The highest BCUT2D eigenvalue weighted by Crippen LogP contribution is 2.37. The molecule has 39 heavy (non-hydrogen) atoms. The molecule has 0 atom stereocenters. The Morgan fingerprint density at radius 3 is 2.41 bits per heavy atom. The normalized spacial score (nSPS) is 14.1. The number of aromatic nitrogens is 3. The summed E-state index contributed by atoms with van der Waals surface area (Å²) in [6, 6.07) is 22.2. The van der Waals surface area contributed by atoms with Crippen LogP contribution in [0.15, 0.2) is 72.8 Å². The number of carbonyl (C=O) groups excluding carboxylic acids is 1. The Labute approximate surface area is 230 Å². The molecule has 1 aliphatic rings. The van der Waals surface area contributed by atoms with Crippen LogP contribution in [-0.2, 0) is 0 Å². The first-order valence-corrected chi connectivity index (χ1v) is 13.5. The minimum absolute atomic E-state index is 0.211. The molecule has 5 aromatic rings. The molecule has 0 spiro atoms. The quantitative estimate of drug-likeness (QED) is 0.252. The van der Waals surface area contributed by atoms with Crippen LogP contribution in [0.2, 0.25) is 5.02 Å². The summed E-state index contributed by atoms with van der Waals surface area (Å²) in [5.41, 5.74) is 4.58. The van der Waals surface area contributed by atoms with Crippen molar-refractivity contribution in [1.82, 2.24) is 14.5 Å². The molecule has 0 aliphatic heterocycles. The zero-order valence-corrected chi connectivity index (χ0v) is 22.2. The van der Waals surface area contributed by atoms with E-state index in [2.05, 4.69) is 9.55 Å². The number of anilines is 1. The Balaban J connectivity index is 1.39. The standard InChI is InChI=1S/C31H27ClN4O3/c1-35(23-12-10-22(32)11-13-23)30(37)26-15-7-19-17-20(8-14-25(19)33-26)29-34-27-18-21(31(38)39)9-16-28(27)36(29)24-5-3-2-4-6-24/h7-18,24H,2-6H2,1H3,(H,38,39). The Morgan fingerprint density at radius 2 is 1.67 bits per heavy atom. The van der Waals surface area contributed by atoms with E-state index in [9.17, 15) is 14.7 Å². The van der Waals surface area contributed by atoms with Crippen molar-refractivity contribution in [1.29, 1.82) is 0 Å². The van der Waals surface area contributed by atoms with E-state index in [0.29, 0.717) is 27.8 Å². The molecule has 2 heterocycles. The Morgan fingerprint density at radius 1 is 0.897 bits per heavy atom. The van der Waals surface area contributed by atoms with E-state index < -0.39 is 5.97 Å². The van der Waals surface area contributed by atoms with Crippen LogP contribution >= 0.6 is 11.6 Å². The van der Waals surface area contributed by atoms with Gasteiger partial charge in [0.25, 0.3) is 5.91 Å². The number of carboxylic acids is 1. The lowest BCUT2D eigenvalue weighted by Gasteiger charge is -2.25. The van der Waals surface area contributed by atoms with Gasteiger partial charge in [-0.2, -0.15) is 0 Å². The number of benzene rings is 3. The predicted molar refractivity (Wildman–Crippen MR) is 154 cm³/mol. The summed E-state index contributed by atoms with van der Waals surface area (Å²) in [5.74, 6) is -0.352. The monoisotopic (exact) mass is 538 g/mol. The Bertz CT molecular complexity index is 1720. The molecule has 0 radical (unpaired) electrons. The van der Waals surface area contributed by atoms with Crippen LogP contribution in [-0.4, -0.2) is 38.6 Å². The highest BCUT2D eigenvalue weighted by atomic mass is 35.5. The highest BCUT2D eigenvalue weighted by molar-refractivity contribution is 6.30. The second-order valence-corrected chi connectivity index (χ2v) is 10.5. The molecule has 1 aliphatic carbocycles. The topological polar surface area (TPSA) is 88.3 Å². The molecule has 7 nitrogen and oxygen atoms in total. The zero-order valence-electron chi connectivity index (χ0n) is 21.5. The maximum Gasteiger partial charge on any atom is 0.335 e. The van der Waals surface area contributed by atoms with E-state index in [-0.39, 0.29) is 11.5 Å². The first-order chi connectivity index (χ1) is 18.9. The van der Waals surface area contributed by atoms with E-state index in [0.717, 1.165) is 40.8 Å². The summed E-state index contributed by atoms with van der Waals surface area (Å²) in [7, 11) is 1.71. The fourth-order valence-electron chi connectivity index (χ4n) is 5.48. The number of hydrogen-bond donors (Lipinski definition) is 1. The number of imidazole rings is 1. The number of nitrogens with zero attached hydrogens (tertiary/aromatic N) is 4. The van der Waals surface area contributed by atoms with Crippen LogP contribution < -0.4 is 4.90 Å². The van der Waals surface area contributed by atoms with Gasteiger partial charge in [-0.15, -0.1) is 0 Å². The van der Waals surface area contributed by atoms with Gasteiger partial charge >= 0.3 is 5.97 Å². The van der Waals surface area contributed by atoms with Crippen LogP contribution in [0, 0.1) is 0 Å². The number of carboxylic acid groups (broad SMARTS) is 1. The summed E-state index contributed by atoms with van der Waals surface area (Å²) in [5, 5.41) is 11.0. The fraction of sp³-hybridized carbons (Fsp3) is 0.226. The van der Waals surface area contributed by atoms with Crippen molar-refractivity contribution in [2.75, 3.05) is 11.9 Å². The molecule has 0 saturated heterocycles. The smallest absolute Gasteiger partial charge is 0.335 e. The van der Waals surface area contributed by atoms with Gasteiger partial charge in [0.15, 0.2) is 0 Å². The molecule has 1 saturated carbocycles. The van der Waals surface area contributed by atoms with Crippen LogP contribution in [0.4, 0.5) is 5.69 Å². The van der Waals surface area contributed by atoms with Crippen molar-refractivity contribution >= 4 is 51.1 Å². The van der Waals surface area contributed by atoms with Crippen molar-refractivity contribution < 1.29 is 14.7 Å². The molecule has 2 aromatic heterocycles. The second-order valence-electron chi connectivity index (χ2n) is 10.1. The van der Waals surface area contributed by atoms with E-state index >= 15 is 0 Å². The van der Waals surface area contributed by atoms with E-state index in [1.54, 1.807) is 54.4 Å². The average molecular weight is 539 g/mol. The van der Waals surface area contributed by atoms with Crippen molar-refractivity contribution in [2.24, 2.45) is 0 Å². The van der Waals surface area contributed by atoms with Crippen molar-refractivity contribution in [3.05, 3.63) is 89.1 Å². The molecule has 1 amide bonds. The first-order valence-electron chi connectivity index (χ1n) is 13.1. The van der Waals surface area contributed by atoms with Crippen molar-refractivity contribution in [2.45, 2.75) is 38.1 Å².